The molecule has 4 rings (SSSR count). The van der Waals surface area contributed by atoms with Crippen LogP contribution in [0, 0.1) is 6.92 Å². The number of carbonyl (C=O) groups is 1. The molecule has 0 unspecified atom stereocenters. The van der Waals surface area contributed by atoms with Crippen molar-refractivity contribution in [3.8, 4) is 11.1 Å². The molecule has 2 atom stereocenters. The fourth-order valence-corrected chi connectivity index (χ4v) is 3.26. The molecule has 7 nitrogen and oxygen atoms in total. The minimum absolute atomic E-state index is 0.0403. The molecule has 134 valence electrons. The highest BCUT2D eigenvalue weighted by molar-refractivity contribution is 6.00. The van der Waals surface area contributed by atoms with Gasteiger partial charge in [-0.1, -0.05) is 30.3 Å². The van der Waals surface area contributed by atoms with Gasteiger partial charge in [0.25, 0.3) is 5.91 Å². The second kappa shape index (κ2) is 6.76. The smallest absolute Gasteiger partial charge is 0.256 e. The van der Waals surface area contributed by atoms with Crippen molar-refractivity contribution in [2.24, 2.45) is 0 Å². The van der Waals surface area contributed by atoms with E-state index in [2.05, 4.69) is 15.2 Å². The summed E-state index contributed by atoms with van der Waals surface area (Å²) in [4.78, 5) is 18.0. The minimum Gasteiger partial charge on any atom is -0.423 e. The topological polar surface area (TPSA) is 84.2 Å². The Bertz CT molecular complexity index is 902. The van der Waals surface area contributed by atoms with Gasteiger partial charge in [0.05, 0.1) is 18.2 Å². The van der Waals surface area contributed by atoms with Crippen LogP contribution < -0.4 is 0 Å². The zero-order chi connectivity index (χ0) is 18.1. The van der Waals surface area contributed by atoms with E-state index in [1.165, 1.54) is 0 Å². The first-order valence-electron chi connectivity index (χ1n) is 8.58. The third-order valence-electron chi connectivity index (χ3n) is 4.43. The van der Waals surface area contributed by atoms with Crippen LogP contribution in [0.4, 0.5) is 0 Å². The van der Waals surface area contributed by atoms with Crippen LogP contribution in [-0.4, -0.2) is 45.2 Å². The first-order valence-corrected chi connectivity index (χ1v) is 8.58. The van der Waals surface area contributed by atoms with Gasteiger partial charge in [0.15, 0.2) is 6.10 Å². The van der Waals surface area contributed by atoms with Crippen molar-refractivity contribution >= 4 is 5.91 Å². The van der Waals surface area contributed by atoms with Gasteiger partial charge in [-0.3, -0.25) is 4.79 Å². The fourth-order valence-electron chi connectivity index (χ4n) is 3.26. The zero-order valence-corrected chi connectivity index (χ0v) is 14.7. The zero-order valence-electron chi connectivity index (χ0n) is 14.7. The maximum Gasteiger partial charge on any atom is 0.256 e. The molecule has 0 radical (unpaired) electrons. The molecule has 1 aliphatic heterocycles. The van der Waals surface area contributed by atoms with E-state index in [0.29, 0.717) is 30.4 Å². The van der Waals surface area contributed by atoms with Crippen LogP contribution in [0.2, 0.25) is 0 Å². The monoisotopic (exact) mass is 352 g/mol. The molecule has 2 aromatic heterocycles. The summed E-state index contributed by atoms with van der Waals surface area (Å²) in [5, 5.41) is 7.90. The van der Waals surface area contributed by atoms with Crippen molar-refractivity contribution in [1.29, 1.82) is 0 Å². The van der Waals surface area contributed by atoms with Crippen LogP contribution >= 0.6 is 0 Å². The number of hydrogen-bond donors (Lipinski definition) is 1. The Morgan fingerprint density at radius 3 is 2.73 bits per heavy atom. The number of amides is 1. The van der Waals surface area contributed by atoms with Gasteiger partial charge in [-0.15, -0.1) is 10.2 Å². The number of ether oxygens (including phenoxy) is 1. The Morgan fingerprint density at radius 2 is 2.00 bits per heavy atom. The van der Waals surface area contributed by atoms with Crippen molar-refractivity contribution in [1.82, 2.24) is 20.1 Å². The number of rotatable bonds is 3. The van der Waals surface area contributed by atoms with Gasteiger partial charge in [-0.2, -0.15) is 0 Å². The largest absolute Gasteiger partial charge is 0.423 e. The average Bonchev–Trinajstić information content (AvgIpc) is 3.30. The molecule has 1 aliphatic rings. The van der Waals surface area contributed by atoms with E-state index in [1.54, 1.807) is 18.0 Å². The summed E-state index contributed by atoms with van der Waals surface area (Å²) in [7, 11) is 0. The quantitative estimate of drug-likeness (QED) is 0.783. The van der Waals surface area contributed by atoms with Crippen molar-refractivity contribution in [3.63, 3.8) is 0 Å². The highest BCUT2D eigenvalue weighted by Gasteiger charge is 2.33. The van der Waals surface area contributed by atoms with Gasteiger partial charge in [-0.05, 0) is 12.5 Å². The third-order valence-corrected chi connectivity index (χ3v) is 4.43. The molecule has 0 saturated carbocycles. The van der Waals surface area contributed by atoms with Crippen LogP contribution in [0.5, 0.6) is 0 Å². The number of aromatic amines is 1. The molecule has 7 heteroatoms. The molecule has 1 aromatic carbocycles. The summed E-state index contributed by atoms with van der Waals surface area (Å²) in [6.45, 7) is 4.56. The van der Waals surface area contributed by atoms with Crippen LogP contribution in [0.3, 0.4) is 0 Å². The van der Waals surface area contributed by atoms with E-state index in [1.807, 2.05) is 43.5 Å². The Labute approximate surface area is 151 Å². The van der Waals surface area contributed by atoms with Crippen LogP contribution in [0.1, 0.15) is 35.2 Å². The Hall–Kier alpha value is -2.93. The summed E-state index contributed by atoms with van der Waals surface area (Å²) in [6.07, 6.45) is 3.06. The number of aryl methyl sites for hydroxylation is 1. The van der Waals surface area contributed by atoms with Crippen LogP contribution in [-0.2, 0) is 4.74 Å². The Morgan fingerprint density at radius 1 is 1.19 bits per heavy atom. The van der Waals surface area contributed by atoms with Gasteiger partial charge in [0.2, 0.25) is 11.8 Å². The summed E-state index contributed by atoms with van der Waals surface area (Å²) < 4.78 is 11.4. The third kappa shape index (κ3) is 3.13. The number of carbonyl (C=O) groups excluding carboxylic acids is 1. The number of aromatic nitrogens is 3. The number of morpholine rings is 1. The fraction of sp³-hybridized carbons (Fsp3) is 0.316. The predicted molar refractivity (Wildman–Crippen MR) is 94.5 cm³/mol. The van der Waals surface area contributed by atoms with Gasteiger partial charge < -0.3 is 19.0 Å². The molecule has 1 fully saturated rings. The Kier molecular flexibility index (Phi) is 4.30. The molecule has 0 aliphatic carbocycles. The van der Waals surface area contributed by atoms with E-state index in [-0.39, 0.29) is 12.0 Å². The molecule has 1 saturated heterocycles. The molecular formula is C19H20N4O3. The molecule has 0 spiro atoms. The summed E-state index contributed by atoms with van der Waals surface area (Å²) in [6, 6.07) is 9.86. The lowest BCUT2D eigenvalue weighted by Gasteiger charge is -2.35. The SMILES string of the molecule is Cc1nnc([C@H]2CN(C(=O)c3c[nH]cc3-c3ccccc3)C[C@@H](C)O2)o1. The molecule has 1 amide bonds. The van der Waals surface area contributed by atoms with Crippen molar-refractivity contribution < 1.29 is 13.9 Å². The second-order valence-electron chi connectivity index (χ2n) is 6.45. The first kappa shape index (κ1) is 16.5. The molecule has 0 bridgehead atoms. The van der Waals surface area contributed by atoms with Gasteiger partial charge in [0, 0.05) is 31.4 Å². The lowest BCUT2D eigenvalue weighted by atomic mass is 10.0. The van der Waals surface area contributed by atoms with Gasteiger partial charge >= 0.3 is 0 Å². The van der Waals surface area contributed by atoms with E-state index >= 15 is 0 Å². The van der Waals surface area contributed by atoms with Gasteiger partial charge in [0.1, 0.15) is 0 Å². The minimum atomic E-state index is -0.414. The van der Waals surface area contributed by atoms with Crippen molar-refractivity contribution in [2.75, 3.05) is 13.1 Å². The predicted octanol–water partition coefficient (Wildman–Crippen LogP) is 2.98. The number of nitrogens with zero attached hydrogens (tertiary/aromatic N) is 3. The molecule has 26 heavy (non-hydrogen) atoms. The maximum absolute atomic E-state index is 13.2. The van der Waals surface area contributed by atoms with E-state index in [0.717, 1.165) is 11.1 Å². The highest BCUT2D eigenvalue weighted by Crippen LogP contribution is 2.28. The number of benzene rings is 1. The first-order chi connectivity index (χ1) is 12.6. The van der Waals surface area contributed by atoms with E-state index in [9.17, 15) is 4.79 Å². The normalized spacial score (nSPS) is 20.3. The molecule has 1 N–H and O–H groups in total. The number of H-pyrrole nitrogens is 1. The van der Waals surface area contributed by atoms with Crippen molar-refractivity contribution in [2.45, 2.75) is 26.1 Å². The highest BCUT2D eigenvalue weighted by atomic mass is 16.5. The number of hydrogen-bond acceptors (Lipinski definition) is 5. The summed E-state index contributed by atoms with van der Waals surface area (Å²) >= 11 is 0. The summed E-state index contributed by atoms with van der Waals surface area (Å²) in [5.74, 6) is 0.849. The second-order valence-corrected chi connectivity index (χ2v) is 6.45. The molecule has 3 aromatic rings. The maximum atomic E-state index is 13.2. The summed E-state index contributed by atoms with van der Waals surface area (Å²) in [5.41, 5.74) is 2.54. The van der Waals surface area contributed by atoms with Crippen LogP contribution in [0.25, 0.3) is 11.1 Å². The average molecular weight is 352 g/mol. The Balaban J connectivity index is 1.59. The lowest BCUT2D eigenvalue weighted by Crippen LogP contribution is -2.46. The standard InChI is InChI=1S/C19H20N4O3/c1-12-10-23(11-17(25-12)18-22-21-13(2)26-18)19(24)16-9-20-8-15(16)14-6-4-3-5-7-14/h3-9,12,17,20H,10-11H2,1-2H3/t12-,17-/m1/s1. The molecular weight excluding hydrogens is 332 g/mol. The number of nitrogens with one attached hydrogen (secondary N) is 1. The lowest BCUT2D eigenvalue weighted by molar-refractivity contribution is -0.0796. The van der Waals surface area contributed by atoms with Crippen molar-refractivity contribution in [3.05, 3.63) is 60.1 Å². The molecule has 3 heterocycles. The van der Waals surface area contributed by atoms with E-state index in [4.69, 9.17) is 9.15 Å². The van der Waals surface area contributed by atoms with Crippen LogP contribution in [0.15, 0.2) is 47.1 Å². The van der Waals surface area contributed by atoms with Gasteiger partial charge in [-0.25, -0.2) is 0 Å². The van der Waals surface area contributed by atoms with E-state index < -0.39 is 6.10 Å².